The molecular formula is C48H50MnN8+3. The first-order valence-corrected chi connectivity index (χ1v) is 20.2. The van der Waals surface area contributed by atoms with Crippen LogP contribution in [0.2, 0.25) is 0 Å². The minimum Gasteiger partial charge on any atom is -0.374 e. The molecule has 0 unspecified atom stereocenters. The van der Waals surface area contributed by atoms with E-state index in [2.05, 4.69) is 179 Å². The molecule has 9 heterocycles. The van der Waals surface area contributed by atoms with Crippen LogP contribution < -0.4 is 0 Å². The molecule has 0 fully saturated rings. The van der Waals surface area contributed by atoms with Gasteiger partial charge in [-0.2, -0.15) is 0 Å². The Kier molecular flexibility index (Phi) is 11.0. The summed E-state index contributed by atoms with van der Waals surface area (Å²) in [5, 5.41) is 0. The molecule has 3 aromatic heterocycles. The van der Waals surface area contributed by atoms with E-state index in [0.29, 0.717) is 0 Å². The van der Waals surface area contributed by atoms with Gasteiger partial charge in [0.25, 0.3) is 0 Å². The molecule has 286 valence electrons. The zero-order chi connectivity index (χ0) is 38.2. The first-order chi connectivity index (χ1) is 27.5. The fraction of sp³-hybridized carbons (Fsp3) is 0.250. The number of likely N-dealkylation sites (N-methyl/N-ethyl adjacent to an activating group) is 4. The number of fused-ring (bicyclic) bond motifs is 8. The van der Waals surface area contributed by atoms with Gasteiger partial charge >= 0.3 is 17.1 Å². The molecule has 9 rings (SSSR count). The molecule has 8 nitrogen and oxygen atoms in total. The van der Waals surface area contributed by atoms with Crippen molar-refractivity contribution in [3.8, 4) is 0 Å². The summed E-state index contributed by atoms with van der Waals surface area (Å²) < 4.78 is 0. The molecule has 0 aromatic carbocycles. The van der Waals surface area contributed by atoms with Crippen molar-refractivity contribution in [3.05, 3.63) is 143 Å². The average molecular weight is 794 g/mol. The summed E-state index contributed by atoms with van der Waals surface area (Å²) in [5.74, 6) is 0. The molecule has 57 heavy (non-hydrogen) atoms. The smallest absolute Gasteiger partial charge is 0.374 e. The second-order valence-corrected chi connectivity index (χ2v) is 14.8. The summed E-state index contributed by atoms with van der Waals surface area (Å²) in [6, 6.07) is 8.87. The Morgan fingerprint density at radius 2 is 0.649 bits per heavy atom. The predicted molar refractivity (Wildman–Crippen MR) is 236 cm³/mol. The fourth-order valence-corrected chi connectivity index (χ4v) is 8.22. The number of allylic oxidation sites excluding steroid dienone is 8. The van der Waals surface area contributed by atoms with Crippen molar-refractivity contribution in [3.63, 3.8) is 0 Å². The number of hydrogen-bond acceptors (Lipinski definition) is 6. The average Bonchev–Trinajstić information content (AvgIpc) is 4.10. The molecular weight excluding hydrogens is 744 g/mol. The van der Waals surface area contributed by atoms with Crippen LogP contribution in [0.15, 0.2) is 97.7 Å². The van der Waals surface area contributed by atoms with Gasteiger partial charge in [0.05, 0.1) is 22.8 Å². The van der Waals surface area contributed by atoms with Crippen LogP contribution in [0.1, 0.15) is 72.7 Å². The molecule has 0 amide bonds. The fourth-order valence-electron chi connectivity index (χ4n) is 8.22. The SMILES string of the molecule is CCN1C=CC(c2c3nc(c(C4=CCN(CC)C=C4)c4ccc([nH]4)c(C4=CCN(CC)C=C4)c4nc(c(C5=CCN(CC)C=C5)c5ccc2[nH]5)C=C4)C=C3)=CC1.[Mn+3]. The van der Waals surface area contributed by atoms with E-state index in [-0.39, 0.29) is 17.1 Å². The minimum absolute atomic E-state index is 0. The number of aromatic amines is 2. The van der Waals surface area contributed by atoms with Gasteiger partial charge < -0.3 is 29.6 Å². The van der Waals surface area contributed by atoms with Crippen LogP contribution in [0, 0.1) is 0 Å². The van der Waals surface area contributed by atoms with E-state index >= 15 is 0 Å². The Hall–Kier alpha value is -5.76. The van der Waals surface area contributed by atoms with Gasteiger partial charge in [0.15, 0.2) is 0 Å². The second kappa shape index (κ2) is 16.4. The van der Waals surface area contributed by atoms with Gasteiger partial charge in [-0.1, -0.05) is 24.3 Å². The monoisotopic (exact) mass is 793 g/mol. The van der Waals surface area contributed by atoms with Gasteiger partial charge in [-0.05, 0) is 148 Å². The minimum atomic E-state index is 0. The van der Waals surface area contributed by atoms with E-state index in [4.69, 9.17) is 9.97 Å². The Labute approximate surface area is 346 Å². The summed E-state index contributed by atoms with van der Waals surface area (Å²) in [6.07, 6.45) is 35.8. The molecule has 0 atom stereocenters. The van der Waals surface area contributed by atoms with Crippen LogP contribution in [0.4, 0.5) is 0 Å². The van der Waals surface area contributed by atoms with E-state index in [1.54, 1.807) is 0 Å². The molecule has 8 bridgehead atoms. The predicted octanol–water partition coefficient (Wildman–Crippen LogP) is 9.58. The third kappa shape index (κ3) is 7.34. The van der Waals surface area contributed by atoms with E-state index in [9.17, 15) is 0 Å². The molecule has 3 aromatic rings. The van der Waals surface area contributed by atoms with E-state index < -0.39 is 0 Å². The van der Waals surface area contributed by atoms with E-state index in [0.717, 1.165) is 142 Å². The summed E-state index contributed by atoms with van der Waals surface area (Å²) >= 11 is 0. The van der Waals surface area contributed by atoms with Crippen molar-refractivity contribution in [2.45, 2.75) is 27.7 Å². The number of hydrogen-bond donors (Lipinski definition) is 2. The number of aromatic nitrogens is 4. The summed E-state index contributed by atoms with van der Waals surface area (Å²) in [6.45, 7) is 16.0. The van der Waals surface area contributed by atoms with Crippen LogP contribution in [0.3, 0.4) is 0 Å². The van der Waals surface area contributed by atoms with Crippen molar-refractivity contribution in [2.75, 3.05) is 52.4 Å². The molecule has 0 saturated carbocycles. The van der Waals surface area contributed by atoms with Crippen LogP contribution in [0.25, 0.3) is 68.7 Å². The van der Waals surface area contributed by atoms with Gasteiger partial charge in [0, 0.05) is 96.7 Å². The molecule has 0 aliphatic carbocycles. The van der Waals surface area contributed by atoms with Crippen LogP contribution in [-0.2, 0) is 17.1 Å². The van der Waals surface area contributed by atoms with Crippen LogP contribution in [0.5, 0.6) is 0 Å². The first-order valence-electron chi connectivity index (χ1n) is 20.2. The quantitative estimate of drug-likeness (QED) is 0.153. The maximum absolute atomic E-state index is 5.49. The number of rotatable bonds is 8. The zero-order valence-electron chi connectivity index (χ0n) is 33.3. The Morgan fingerprint density at radius 3 is 0.842 bits per heavy atom. The molecule has 2 N–H and O–H groups in total. The summed E-state index contributed by atoms with van der Waals surface area (Å²) in [4.78, 5) is 28.1. The largest absolute Gasteiger partial charge is 3.00 e. The van der Waals surface area contributed by atoms with Gasteiger partial charge in [-0.3, -0.25) is 0 Å². The number of H-pyrrole nitrogens is 2. The first kappa shape index (κ1) is 38.1. The van der Waals surface area contributed by atoms with Crippen molar-refractivity contribution >= 4 is 68.7 Å². The number of nitrogens with one attached hydrogen (secondary N) is 2. The van der Waals surface area contributed by atoms with Crippen molar-refractivity contribution in [1.29, 1.82) is 0 Å². The molecule has 6 aliphatic rings. The van der Waals surface area contributed by atoms with Gasteiger partial charge in [0.2, 0.25) is 0 Å². The van der Waals surface area contributed by atoms with Gasteiger partial charge in [0.1, 0.15) is 0 Å². The van der Waals surface area contributed by atoms with Gasteiger partial charge in [-0.25, -0.2) is 9.97 Å². The zero-order valence-corrected chi connectivity index (χ0v) is 34.4. The van der Waals surface area contributed by atoms with Crippen molar-refractivity contribution in [2.24, 2.45) is 0 Å². The Balaban J connectivity index is 0.00000455. The van der Waals surface area contributed by atoms with Crippen molar-refractivity contribution in [1.82, 2.24) is 39.5 Å². The second-order valence-electron chi connectivity index (χ2n) is 14.8. The number of nitrogens with zero attached hydrogens (tertiary/aromatic N) is 6. The summed E-state index contributed by atoms with van der Waals surface area (Å²) in [5.41, 5.74) is 16.9. The normalized spacial score (nSPS) is 17.2. The Morgan fingerprint density at radius 1 is 0.404 bits per heavy atom. The molecule has 0 saturated heterocycles. The molecule has 6 aliphatic heterocycles. The maximum atomic E-state index is 5.49. The molecule has 0 radical (unpaired) electrons. The standard InChI is InChI=1S/C48H50N8.Mn/c1-5-53-25-17-33(18-26-53)45-37-9-11-39(49-37)46(34-19-27-54(6-2)28-20-34)41-13-15-43(51-41)48(36-23-31-56(8-4)32-24-36)44-16-14-42(52-44)47(40-12-10-38(45)50-40)35-21-29-55(7-3)30-22-35;/h9-25,27,29,31,49,52H,5-8,26,28,30,32H2,1-4H3;/q;+3. The van der Waals surface area contributed by atoms with E-state index in [1.165, 1.54) is 0 Å². The topological polar surface area (TPSA) is 70.3 Å². The van der Waals surface area contributed by atoms with E-state index in [1.807, 2.05) is 0 Å². The Bertz CT molecular complexity index is 2220. The van der Waals surface area contributed by atoms with Gasteiger partial charge in [-0.15, -0.1) is 0 Å². The molecule has 9 heteroatoms. The summed E-state index contributed by atoms with van der Waals surface area (Å²) in [7, 11) is 0. The third-order valence-electron chi connectivity index (χ3n) is 11.6. The molecule has 0 spiro atoms. The van der Waals surface area contributed by atoms with Crippen molar-refractivity contribution < 1.29 is 17.1 Å². The van der Waals surface area contributed by atoms with Crippen LogP contribution in [-0.4, -0.2) is 91.9 Å². The maximum Gasteiger partial charge on any atom is 3.00 e. The third-order valence-corrected chi connectivity index (χ3v) is 11.6. The van der Waals surface area contributed by atoms with Crippen LogP contribution >= 0.6 is 0 Å².